The molecule has 0 unspecified atom stereocenters. The number of carbonyl (C=O) groups is 2. The van der Waals surface area contributed by atoms with Crippen LogP contribution in [0.25, 0.3) is 11.1 Å². The van der Waals surface area contributed by atoms with Gasteiger partial charge in [0.1, 0.15) is 0 Å². The van der Waals surface area contributed by atoms with Gasteiger partial charge in [-0.15, -0.1) is 0 Å². The van der Waals surface area contributed by atoms with E-state index in [1.165, 1.54) is 0 Å². The monoisotopic (exact) mass is 372 g/mol. The van der Waals surface area contributed by atoms with Gasteiger partial charge in [0.05, 0.1) is 0 Å². The summed E-state index contributed by atoms with van der Waals surface area (Å²) in [4.78, 5) is 24.9. The molecule has 0 heterocycles. The molecular formula is C26H28O2. The van der Waals surface area contributed by atoms with Crippen LogP contribution in [0.1, 0.15) is 73.4 Å². The summed E-state index contributed by atoms with van der Waals surface area (Å²) in [7, 11) is 0. The molecule has 4 rings (SSSR count). The summed E-state index contributed by atoms with van der Waals surface area (Å²) < 4.78 is 0. The molecule has 28 heavy (non-hydrogen) atoms. The van der Waals surface area contributed by atoms with Gasteiger partial charge in [-0.05, 0) is 59.4 Å². The quantitative estimate of drug-likeness (QED) is 0.502. The normalized spacial score (nSPS) is 17.1. The third-order valence-electron chi connectivity index (χ3n) is 4.65. The van der Waals surface area contributed by atoms with Crippen LogP contribution in [-0.4, -0.2) is 11.6 Å². The van der Waals surface area contributed by atoms with E-state index < -0.39 is 0 Å². The second-order valence-electron chi connectivity index (χ2n) is 6.23. The van der Waals surface area contributed by atoms with Gasteiger partial charge in [-0.2, -0.15) is 0 Å². The first-order chi connectivity index (χ1) is 13.6. The lowest BCUT2D eigenvalue weighted by molar-refractivity contribution is 0.102. The molecule has 0 saturated carbocycles. The standard InChI is InChI=1S/C22H16O2.2C2H6/c1-13-11-19(15-7-3-5-9-17(15)21(13)23)20-12-14(2)22(24)18-10-6-4-8-16(18)20;2*1-2/h3-12H,1-2H3;2*1-2H3/b20-19+;;. The van der Waals surface area contributed by atoms with E-state index in [4.69, 9.17) is 0 Å². The van der Waals surface area contributed by atoms with E-state index in [0.29, 0.717) is 0 Å². The van der Waals surface area contributed by atoms with Crippen LogP contribution >= 0.6 is 0 Å². The Bertz CT molecular complexity index is 919. The molecule has 0 radical (unpaired) electrons. The van der Waals surface area contributed by atoms with E-state index in [9.17, 15) is 9.59 Å². The Kier molecular flexibility index (Phi) is 7.06. The predicted molar refractivity (Wildman–Crippen MR) is 119 cm³/mol. The summed E-state index contributed by atoms with van der Waals surface area (Å²) in [6, 6.07) is 15.3. The number of rotatable bonds is 0. The van der Waals surface area contributed by atoms with E-state index in [-0.39, 0.29) is 11.6 Å². The minimum absolute atomic E-state index is 0.0656. The molecule has 2 aliphatic rings. The zero-order chi connectivity index (χ0) is 20.8. The smallest absolute Gasteiger partial charge is 0.189 e. The zero-order valence-electron chi connectivity index (χ0n) is 17.6. The van der Waals surface area contributed by atoms with Crippen molar-refractivity contribution in [3.8, 4) is 0 Å². The number of hydrogen-bond donors (Lipinski definition) is 0. The molecule has 2 aromatic rings. The average Bonchev–Trinajstić information content (AvgIpc) is 2.76. The summed E-state index contributed by atoms with van der Waals surface area (Å²) in [5.41, 5.74) is 6.74. The number of benzene rings is 2. The van der Waals surface area contributed by atoms with Crippen LogP contribution in [0.15, 0.2) is 71.8 Å². The molecule has 0 amide bonds. The maximum absolute atomic E-state index is 12.4. The fourth-order valence-corrected chi connectivity index (χ4v) is 3.42. The van der Waals surface area contributed by atoms with E-state index in [2.05, 4.69) is 0 Å². The molecule has 0 spiro atoms. The third-order valence-corrected chi connectivity index (χ3v) is 4.65. The molecule has 2 nitrogen and oxygen atoms in total. The highest BCUT2D eigenvalue weighted by Crippen LogP contribution is 2.39. The van der Waals surface area contributed by atoms with Crippen molar-refractivity contribution in [2.24, 2.45) is 0 Å². The first-order valence-corrected chi connectivity index (χ1v) is 9.97. The van der Waals surface area contributed by atoms with Gasteiger partial charge in [0.15, 0.2) is 11.6 Å². The van der Waals surface area contributed by atoms with Crippen LogP contribution in [0.4, 0.5) is 0 Å². The lowest BCUT2D eigenvalue weighted by Crippen LogP contribution is -2.13. The fraction of sp³-hybridized carbons (Fsp3) is 0.231. The zero-order valence-corrected chi connectivity index (χ0v) is 17.6. The van der Waals surface area contributed by atoms with Crippen molar-refractivity contribution >= 4 is 22.7 Å². The van der Waals surface area contributed by atoms with Crippen molar-refractivity contribution in [3.63, 3.8) is 0 Å². The van der Waals surface area contributed by atoms with Crippen molar-refractivity contribution in [1.82, 2.24) is 0 Å². The number of fused-ring (bicyclic) bond motifs is 2. The highest BCUT2D eigenvalue weighted by Gasteiger charge is 2.26. The minimum atomic E-state index is 0.0656. The summed E-state index contributed by atoms with van der Waals surface area (Å²) in [5.74, 6) is 0.131. The van der Waals surface area contributed by atoms with Crippen LogP contribution in [0.2, 0.25) is 0 Å². The van der Waals surface area contributed by atoms with Gasteiger partial charge in [0.2, 0.25) is 0 Å². The predicted octanol–water partition coefficient (Wildman–Crippen LogP) is 6.94. The van der Waals surface area contributed by atoms with Gasteiger partial charge in [0, 0.05) is 11.1 Å². The van der Waals surface area contributed by atoms with E-state index >= 15 is 0 Å². The number of hydrogen-bond acceptors (Lipinski definition) is 2. The molecule has 0 aromatic heterocycles. The molecule has 2 aliphatic carbocycles. The Morgan fingerprint density at radius 2 is 0.786 bits per heavy atom. The van der Waals surface area contributed by atoms with Crippen molar-refractivity contribution in [2.75, 3.05) is 0 Å². The van der Waals surface area contributed by atoms with Crippen molar-refractivity contribution in [2.45, 2.75) is 41.5 Å². The third kappa shape index (κ3) is 3.68. The van der Waals surface area contributed by atoms with Gasteiger partial charge in [0.25, 0.3) is 0 Å². The fourth-order valence-electron chi connectivity index (χ4n) is 3.42. The van der Waals surface area contributed by atoms with Crippen molar-refractivity contribution in [1.29, 1.82) is 0 Å². The Balaban J connectivity index is 0.000000660. The summed E-state index contributed by atoms with van der Waals surface area (Å²) in [5, 5.41) is 0. The van der Waals surface area contributed by atoms with Gasteiger partial charge in [-0.3, -0.25) is 9.59 Å². The summed E-state index contributed by atoms with van der Waals surface area (Å²) >= 11 is 0. The SMILES string of the molecule is CC.CC.CC1=C/C(=C2/C=C(C)C(=O)c3ccccc32)c2ccccc2C1=O. The first-order valence-electron chi connectivity index (χ1n) is 9.97. The minimum Gasteiger partial charge on any atom is -0.289 e. The van der Waals surface area contributed by atoms with Gasteiger partial charge in [-0.25, -0.2) is 0 Å². The molecule has 2 aromatic carbocycles. The highest BCUT2D eigenvalue weighted by molar-refractivity contribution is 6.23. The van der Waals surface area contributed by atoms with Crippen LogP contribution in [0, 0.1) is 0 Å². The first kappa shape index (κ1) is 21.3. The Labute approximate surface area is 168 Å². The largest absolute Gasteiger partial charge is 0.289 e. The van der Waals surface area contributed by atoms with Crippen molar-refractivity contribution in [3.05, 3.63) is 94.1 Å². The van der Waals surface area contributed by atoms with E-state index in [1.807, 2.05) is 102 Å². The molecule has 0 saturated heterocycles. The Hall–Kier alpha value is -3.00. The molecular weight excluding hydrogens is 344 g/mol. The topological polar surface area (TPSA) is 34.1 Å². The van der Waals surface area contributed by atoms with Crippen LogP contribution in [-0.2, 0) is 0 Å². The van der Waals surface area contributed by atoms with Crippen LogP contribution < -0.4 is 0 Å². The number of carbonyl (C=O) groups excluding carboxylic acids is 2. The lowest BCUT2D eigenvalue weighted by Gasteiger charge is -2.23. The van der Waals surface area contributed by atoms with E-state index in [0.717, 1.165) is 44.5 Å². The van der Waals surface area contributed by atoms with Gasteiger partial charge >= 0.3 is 0 Å². The Morgan fingerprint density at radius 3 is 1.11 bits per heavy atom. The number of allylic oxidation sites excluding steroid dienone is 6. The number of ketones is 2. The second kappa shape index (κ2) is 9.27. The summed E-state index contributed by atoms with van der Waals surface area (Å²) in [6.45, 7) is 11.7. The molecule has 0 bridgehead atoms. The maximum Gasteiger partial charge on any atom is 0.189 e. The second-order valence-corrected chi connectivity index (χ2v) is 6.23. The average molecular weight is 373 g/mol. The highest BCUT2D eigenvalue weighted by atomic mass is 16.1. The maximum atomic E-state index is 12.4. The van der Waals surface area contributed by atoms with Crippen molar-refractivity contribution < 1.29 is 9.59 Å². The Morgan fingerprint density at radius 1 is 0.500 bits per heavy atom. The molecule has 0 aliphatic heterocycles. The van der Waals surface area contributed by atoms with Gasteiger partial charge < -0.3 is 0 Å². The van der Waals surface area contributed by atoms with Crippen LogP contribution in [0.3, 0.4) is 0 Å². The van der Waals surface area contributed by atoms with Gasteiger partial charge in [-0.1, -0.05) is 76.2 Å². The lowest BCUT2D eigenvalue weighted by atomic mass is 9.79. The number of Topliss-reactive ketones (excluding diaryl/α,β-unsaturated/α-hetero) is 2. The summed E-state index contributed by atoms with van der Waals surface area (Å²) in [6.07, 6.45) is 3.88. The molecule has 144 valence electrons. The van der Waals surface area contributed by atoms with Crippen LogP contribution in [0.5, 0.6) is 0 Å². The van der Waals surface area contributed by atoms with E-state index in [1.54, 1.807) is 0 Å². The molecule has 0 fully saturated rings. The molecule has 2 heteroatoms. The molecule has 0 atom stereocenters. The molecule has 0 N–H and O–H groups in total.